The van der Waals surface area contributed by atoms with Crippen LogP contribution < -0.4 is 10.6 Å². The molecule has 3 aromatic rings. The number of rotatable bonds is 5. The van der Waals surface area contributed by atoms with Crippen LogP contribution in [0.4, 0.5) is 5.69 Å². The van der Waals surface area contributed by atoms with Crippen molar-refractivity contribution >= 4 is 40.2 Å². The van der Waals surface area contributed by atoms with E-state index in [1.807, 2.05) is 24.4 Å². The van der Waals surface area contributed by atoms with E-state index in [2.05, 4.69) is 15.6 Å². The van der Waals surface area contributed by atoms with E-state index in [1.165, 1.54) is 11.3 Å². The summed E-state index contributed by atoms with van der Waals surface area (Å²) in [4.78, 5) is 31.0. The summed E-state index contributed by atoms with van der Waals surface area (Å²) in [6.07, 6.45) is 2.08. The smallest absolute Gasteiger partial charge is 0.267 e. The van der Waals surface area contributed by atoms with Crippen LogP contribution in [0.5, 0.6) is 0 Å². The van der Waals surface area contributed by atoms with Gasteiger partial charge in [-0.3, -0.25) is 9.59 Å². The number of nitrogens with zero attached hydrogens (tertiary/aromatic N) is 1. The molecule has 1 fully saturated rings. The number of benzene rings is 1. The molecule has 2 aromatic heterocycles. The summed E-state index contributed by atoms with van der Waals surface area (Å²) < 4.78 is 0. The third-order valence-corrected chi connectivity index (χ3v) is 6.23. The van der Waals surface area contributed by atoms with Crippen LogP contribution >= 0.6 is 22.7 Å². The number of carbonyl (C=O) groups is 2. The van der Waals surface area contributed by atoms with E-state index >= 15 is 0 Å². The molecule has 1 saturated carbocycles. The van der Waals surface area contributed by atoms with Crippen molar-refractivity contribution in [3.8, 4) is 9.88 Å². The molecule has 4 rings (SSSR count). The van der Waals surface area contributed by atoms with Gasteiger partial charge in [-0.1, -0.05) is 12.1 Å². The molecule has 26 heavy (non-hydrogen) atoms. The van der Waals surface area contributed by atoms with Crippen molar-refractivity contribution in [1.82, 2.24) is 10.3 Å². The van der Waals surface area contributed by atoms with E-state index in [9.17, 15) is 9.59 Å². The van der Waals surface area contributed by atoms with Crippen LogP contribution in [-0.4, -0.2) is 22.8 Å². The Hall–Kier alpha value is -2.51. The van der Waals surface area contributed by atoms with Crippen molar-refractivity contribution in [3.63, 3.8) is 0 Å². The highest BCUT2D eigenvalue weighted by Gasteiger charge is 2.24. The van der Waals surface area contributed by atoms with Gasteiger partial charge in [0, 0.05) is 17.3 Å². The molecule has 0 aliphatic heterocycles. The number of hydrogen-bond acceptors (Lipinski definition) is 5. The molecular formula is C19H17N3O2S2. The number of amides is 2. The molecule has 0 radical (unpaired) electrons. The Bertz CT molecular complexity index is 959. The second-order valence-electron chi connectivity index (χ2n) is 6.19. The van der Waals surface area contributed by atoms with Crippen molar-refractivity contribution in [2.45, 2.75) is 25.8 Å². The fourth-order valence-electron chi connectivity index (χ4n) is 2.54. The molecule has 7 heteroatoms. The molecule has 5 nitrogen and oxygen atoms in total. The first-order valence-electron chi connectivity index (χ1n) is 8.34. The summed E-state index contributed by atoms with van der Waals surface area (Å²) >= 11 is 2.98. The number of carbonyl (C=O) groups excluding carboxylic acids is 2. The fraction of sp³-hybridized carbons (Fsp3) is 0.211. The zero-order valence-electron chi connectivity index (χ0n) is 14.1. The quantitative estimate of drug-likeness (QED) is 0.689. The number of thiazole rings is 1. The Morgan fingerprint density at radius 2 is 2.00 bits per heavy atom. The maximum atomic E-state index is 12.6. The molecule has 0 spiro atoms. The van der Waals surface area contributed by atoms with Gasteiger partial charge in [0.1, 0.15) is 9.88 Å². The van der Waals surface area contributed by atoms with Crippen LogP contribution in [0.15, 0.2) is 41.8 Å². The van der Waals surface area contributed by atoms with Crippen molar-refractivity contribution < 1.29 is 9.59 Å². The summed E-state index contributed by atoms with van der Waals surface area (Å²) in [5.41, 5.74) is 1.86. The van der Waals surface area contributed by atoms with Crippen LogP contribution in [0.2, 0.25) is 0 Å². The topological polar surface area (TPSA) is 71.1 Å². The minimum atomic E-state index is -0.206. The minimum Gasteiger partial charge on any atom is -0.349 e. The third-order valence-electron chi connectivity index (χ3n) is 4.03. The van der Waals surface area contributed by atoms with Gasteiger partial charge in [0.05, 0.1) is 10.6 Å². The number of anilines is 1. The highest BCUT2D eigenvalue weighted by molar-refractivity contribution is 7.22. The maximum Gasteiger partial charge on any atom is 0.267 e. The Morgan fingerprint density at radius 1 is 1.15 bits per heavy atom. The zero-order valence-corrected chi connectivity index (χ0v) is 15.7. The van der Waals surface area contributed by atoms with E-state index in [0.29, 0.717) is 27.9 Å². The number of hydrogen-bond donors (Lipinski definition) is 2. The van der Waals surface area contributed by atoms with E-state index in [0.717, 1.165) is 22.7 Å². The van der Waals surface area contributed by atoms with Gasteiger partial charge in [-0.25, -0.2) is 4.98 Å². The van der Waals surface area contributed by atoms with Crippen molar-refractivity contribution in [2.75, 3.05) is 5.32 Å². The lowest BCUT2D eigenvalue weighted by atomic mass is 10.2. The second kappa shape index (κ2) is 7.01. The number of thiophene rings is 1. The SMILES string of the molecule is Cc1nc(-c2cccs2)sc1C(=O)Nc1cccc(C(=O)NC2CC2)c1. The fourth-order valence-corrected chi connectivity index (χ4v) is 4.29. The van der Waals surface area contributed by atoms with Crippen LogP contribution in [-0.2, 0) is 0 Å². The standard InChI is InChI=1S/C19H17N3O2S2/c1-11-16(26-19(20-11)15-6-3-9-25-15)18(24)22-14-5-2-4-12(10-14)17(23)21-13-7-8-13/h2-6,9-10,13H,7-8H2,1H3,(H,21,23)(H,22,24). The first-order valence-corrected chi connectivity index (χ1v) is 10.0. The van der Waals surface area contributed by atoms with Crippen LogP contribution in [0.25, 0.3) is 9.88 Å². The summed E-state index contributed by atoms with van der Waals surface area (Å²) in [6.45, 7) is 1.84. The van der Waals surface area contributed by atoms with Crippen molar-refractivity contribution in [1.29, 1.82) is 0 Å². The molecule has 0 atom stereocenters. The number of nitrogens with one attached hydrogen (secondary N) is 2. The average Bonchev–Trinajstić information content (AvgIpc) is 3.11. The van der Waals surface area contributed by atoms with Gasteiger partial charge in [-0.15, -0.1) is 22.7 Å². The molecule has 0 saturated heterocycles. The first kappa shape index (κ1) is 16.9. The molecule has 0 unspecified atom stereocenters. The van der Waals surface area contributed by atoms with E-state index in [4.69, 9.17) is 0 Å². The molecule has 0 bridgehead atoms. The monoisotopic (exact) mass is 383 g/mol. The zero-order chi connectivity index (χ0) is 18.1. The van der Waals surface area contributed by atoms with E-state index in [-0.39, 0.29) is 11.8 Å². The van der Waals surface area contributed by atoms with Crippen LogP contribution in [0.1, 0.15) is 38.6 Å². The molecule has 1 aliphatic carbocycles. The van der Waals surface area contributed by atoms with Gasteiger partial charge in [-0.05, 0) is 49.4 Å². The Morgan fingerprint density at radius 3 is 2.73 bits per heavy atom. The van der Waals surface area contributed by atoms with E-state index < -0.39 is 0 Å². The summed E-state index contributed by atoms with van der Waals surface area (Å²) in [5, 5.41) is 8.67. The normalized spacial score (nSPS) is 13.4. The predicted molar refractivity (Wildman–Crippen MR) is 105 cm³/mol. The van der Waals surface area contributed by atoms with Crippen LogP contribution in [0, 0.1) is 6.92 Å². The molecule has 132 valence electrons. The van der Waals surface area contributed by atoms with Gasteiger partial charge in [0.2, 0.25) is 0 Å². The number of aromatic nitrogens is 1. The Kier molecular flexibility index (Phi) is 4.57. The highest BCUT2D eigenvalue weighted by Crippen LogP contribution is 2.31. The largest absolute Gasteiger partial charge is 0.349 e. The van der Waals surface area contributed by atoms with Gasteiger partial charge in [0.15, 0.2) is 0 Å². The molecular weight excluding hydrogens is 366 g/mol. The summed E-state index contributed by atoms with van der Waals surface area (Å²) in [6, 6.07) is 11.3. The van der Waals surface area contributed by atoms with E-state index in [1.54, 1.807) is 35.6 Å². The lowest BCUT2D eigenvalue weighted by Gasteiger charge is -2.07. The Balaban J connectivity index is 1.50. The van der Waals surface area contributed by atoms with Gasteiger partial charge < -0.3 is 10.6 Å². The van der Waals surface area contributed by atoms with Crippen LogP contribution in [0.3, 0.4) is 0 Å². The Labute approximate surface area is 159 Å². The molecule has 2 heterocycles. The number of aryl methyl sites for hydroxylation is 1. The lowest BCUT2D eigenvalue weighted by Crippen LogP contribution is -2.25. The first-order chi connectivity index (χ1) is 12.6. The average molecular weight is 383 g/mol. The lowest BCUT2D eigenvalue weighted by molar-refractivity contribution is 0.0949. The maximum absolute atomic E-state index is 12.6. The molecule has 2 N–H and O–H groups in total. The molecule has 1 aromatic carbocycles. The van der Waals surface area contributed by atoms with Gasteiger partial charge in [-0.2, -0.15) is 0 Å². The van der Waals surface area contributed by atoms with Gasteiger partial charge >= 0.3 is 0 Å². The van der Waals surface area contributed by atoms with Gasteiger partial charge in [0.25, 0.3) is 11.8 Å². The predicted octanol–water partition coefficient (Wildman–Crippen LogP) is 4.32. The third kappa shape index (κ3) is 3.68. The minimum absolute atomic E-state index is 0.0995. The van der Waals surface area contributed by atoms with Crippen molar-refractivity contribution in [3.05, 3.63) is 57.9 Å². The molecule has 1 aliphatic rings. The highest BCUT2D eigenvalue weighted by atomic mass is 32.1. The summed E-state index contributed by atoms with van der Waals surface area (Å²) in [7, 11) is 0. The summed E-state index contributed by atoms with van der Waals surface area (Å²) in [5.74, 6) is -0.305. The molecule has 2 amide bonds. The van der Waals surface area contributed by atoms with Crippen molar-refractivity contribution in [2.24, 2.45) is 0 Å². The second-order valence-corrected chi connectivity index (χ2v) is 8.14.